The zero-order valence-corrected chi connectivity index (χ0v) is 13.0. The van der Waals surface area contributed by atoms with Crippen LogP contribution in [0.5, 0.6) is 0 Å². The average Bonchev–Trinajstić information content (AvgIpc) is 2.97. The highest BCUT2D eigenvalue weighted by Gasteiger charge is 2.31. The lowest BCUT2D eigenvalue weighted by Crippen LogP contribution is -2.40. The highest BCUT2D eigenvalue weighted by molar-refractivity contribution is 7.98. The summed E-state index contributed by atoms with van der Waals surface area (Å²) >= 11 is 1.64. The number of hydrogen-bond donors (Lipinski definition) is 2. The van der Waals surface area contributed by atoms with Crippen molar-refractivity contribution in [3.8, 4) is 0 Å². The normalized spacial score (nSPS) is 19.3. The van der Waals surface area contributed by atoms with E-state index in [0.29, 0.717) is 13.0 Å². The molecule has 2 rings (SSSR count). The van der Waals surface area contributed by atoms with Crippen molar-refractivity contribution >= 4 is 23.8 Å². The number of carboxylic acids is 1. The Morgan fingerprint density at radius 3 is 2.76 bits per heavy atom. The number of carbonyl (C=O) groups is 2. The van der Waals surface area contributed by atoms with Gasteiger partial charge in [0, 0.05) is 18.0 Å². The Kier molecular flexibility index (Phi) is 5.12. The van der Waals surface area contributed by atoms with Crippen LogP contribution in [0.25, 0.3) is 0 Å². The van der Waals surface area contributed by atoms with E-state index in [1.807, 2.05) is 37.4 Å². The van der Waals surface area contributed by atoms with Crippen LogP contribution < -0.4 is 5.32 Å². The monoisotopic (exact) mass is 308 g/mol. The van der Waals surface area contributed by atoms with Crippen molar-refractivity contribution in [3.05, 3.63) is 29.8 Å². The smallest absolute Gasteiger partial charge is 0.317 e. The minimum Gasteiger partial charge on any atom is -0.481 e. The molecule has 114 valence electrons. The predicted octanol–water partition coefficient (Wildman–Crippen LogP) is 2.59. The first-order chi connectivity index (χ1) is 10.0. The van der Waals surface area contributed by atoms with Gasteiger partial charge in [0.2, 0.25) is 0 Å². The highest BCUT2D eigenvalue weighted by atomic mass is 32.2. The van der Waals surface area contributed by atoms with Crippen LogP contribution in [0, 0.1) is 5.92 Å². The third kappa shape index (κ3) is 3.69. The van der Waals surface area contributed by atoms with Gasteiger partial charge in [0.25, 0.3) is 0 Å². The standard InChI is InChI=1S/C15H20N2O3S/c1-10(12-5-3-4-6-13(12)21-2)16-15(20)17-8-7-11(9-17)14(18)19/h3-6,10-11H,7-9H2,1-2H3,(H,16,20)(H,18,19)/t10-,11?/m0/s1. The van der Waals surface area contributed by atoms with Crippen molar-refractivity contribution in [2.45, 2.75) is 24.3 Å². The van der Waals surface area contributed by atoms with Crippen molar-refractivity contribution in [3.63, 3.8) is 0 Å². The minimum atomic E-state index is -0.828. The van der Waals surface area contributed by atoms with Crippen LogP contribution in [0.2, 0.25) is 0 Å². The number of nitrogens with one attached hydrogen (secondary N) is 1. The molecule has 2 amide bonds. The Labute approximate surface area is 128 Å². The molecule has 21 heavy (non-hydrogen) atoms. The van der Waals surface area contributed by atoms with Crippen LogP contribution in [-0.4, -0.2) is 41.4 Å². The molecular weight excluding hydrogens is 288 g/mol. The Morgan fingerprint density at radius 1 is 1.43 bits per heavy atom. The molecule has 0 aliphatic carbocycles. The van der Waals surface area contributed by atoms with E-state index in [2.05, 4.69) is 5.32 Å². The topological polar surface area (TPSA) is 69.6 Å². The number of urea groups is 1. The Balaban J connectivity index is 1.98. The number of carbonyl (C=O) groups excluding carboxylic acids is 1. The summed E-state index contributed by atoms with van der Waals surface area (Å²) in [5.41, 5.74) is 1.08. The molecule has 0 bridgehead atoms. The van der Waals surface area contributed by atoms with Crippen LogP contribution in [0.3, 0.4) is 0 Å². The number of likely N-dealkylation sites (tertiary alicyclic amines) is 1. The molecule has 2 N–H and O–H groups in total. The highest BCUT2D eigenvalue weighted by Crippen LogP contribution is 2.26. The maximum absolute atomic E-state index is 12.2. The number of aliphatic carboxylic acids is 1. The van der Waals surface area contributed by atoms with E-state index < -0.39 is 11.9 Å². The van der Waals surface area contributed by atoms with Crippen LogP contribution in [0.1, 0.15) is 24.9 Å². The Hall–Kier alpha value is -1.69. The Bertz CT molecular complexity index is 535. The van der Waals surface area contributed by atoms with Crippen molar-refractivity contribution < 1.29 is 14.7 Å². The lowest BCUT2D eigenvalue weighted by atomic mass is 10.1. The van der Waals surface area contributed by atoms with Crippen LogP contribution in [0.4, 0.5) is 4.79 Å². The summed E-state index contributed by atoms with van der Waals surface area (Å²) in [5, 5.41) is 11.9. The quantitative estimate of drug-likeness (QED) is 0.839. The number of carboxylic acid groups (broad SMARTS) is 1. The molecule has 6 heteroatoms. The van der Waals surface area contributed by atoms with E-state index in [9.17, 15) is 9.59 Å². The van der Waals surface area contributed by atoms with Gasteiger partial charge in [0.05, 0.1) is 12.0 Å². The molecule has 0 spiro atoms. The molecular formula is C15H20N2O3S. The lowest BCUT2D eigenvalue weighted by Gasteiger charge is -2.22. The van der Waals surface area contributed by atoms with Crippen molar-refractivity contribution in [2.75, 3.05) is 19.3 Å². The zero-order chi connectivity index (χ0) is 15.4. The molecule has 0 radical (unpaired) electrons. The molecule has 1 fully saturated rings. The van der Waals surface area contributed by atoms with Gasteiger partial charge in [0.15, 0.2) is 0 Å². The fourth-order valence-electron chi connectivity index (χ4n) is 2.52. The van der Waals surface area contributed by atoms with E-state index in [1.165, 1.54) is 0 Å². The van der Waals surface area contributed by atoms with Crippen molar-refractivity contribution in [2.24, 2.45) is 5.92 Å². The first kappa shape index (κ1) is 15.7. The first-order valence-electron chi connectivity index (χ1n) is 6.94. The summed E-state index contributed by atoms with van der Waals surface area (Å²) in [6.07, 6.45) is 2.53. The van der Waals surface area contributed by atoms with Gasteiger partial charge in [-0.3, -0.25) is 4.79 Å². The summed E-state index contributed by atoms with van der Waals surface area (Å²) in [6.45, 7) is 2.73. The van der Waals surface area contributed by atoms with Gasteiger partial charge in [-0.05, 0) is 31.2 Å². The summed E-state index contributed by atoms with van der Waals surface area (Å²) in [7, 11) is 0. The van der Waals surface area contributed by atoms with E-state index in [4.69, 9.17) is 5.11 Å². The van der Waals surface area contributed by atoms with E-state index in [-0.39, 0.29) is 18.6 Å². The fourth-order valence-corrected chi connectivity index (χ4v) is 3.22. The number of benzene rings is 1. The zero-order valence-electron chi connectivity index (χ0n) is 12.2. The molecule has 0 aromatic heterocycles. The maximum Gasteiger partial charge on any atom is 0.317 e. The number of rotatable bonds is 4. The third-order valence-corrected chi connectivity index (χ3v) is 4.58. The summed E-state index contributed by atoms with van der Waals surface area (Å²) in [4.78, 5) is 25.9. The van der Waals surface area contributed by atoms with Gasteiger partial charge >= 0.3 is 12.0 Å². The van der Waals surface area contributed by atoms with Gasteiger partial charge in [0.1, 0.15) is 0 Å². The van der Waals surface area contributed by atoms with E-state index >= 15 is 0 Å². The molecule has 1 heterocycles. The van der Waals surface area contributed by atoms with Crippen molar-refractivity contribution in [1.29, 1.82) is 0 Å². The SMILES string of the molecule is CSc1ccccc1[C@H](C)NC(=O)N1CCC(C(=O)O)C1. The van der Waals surface area contributed by atoms with E-state index in [1.54, 1.807) is 16.7 Å². The first-order valence-corrected chi connectivity index (χ1v) is 8.16. The number of hydrogen-bond acceptors (Lipinski definition) is 3. The van der Waals surface area contributed by atoms with Crippen LogP contribution >= 0.6 is 11.8 Å². The van der Waals surface area contributed by atoms with Crippen LogP contribution in [0.15, 0.2) is 29.2 Å². The lowest BCUT2D eigenvalue weighted by molar-refractivity contribution is -0.141. The van der Waals surface area contributed by atoms with Gasteiger partial charge in [-0.15, -0.1) is 11.8 Å². The Morgan fingerprint density at radius 2 is 2.14 bits per heavy atom. The second kappa shape index (κ2) is 6.85. The van der Waals surface area contributed by atoms with Gasteiger partial charge < -0.3 is 15.3 Å². The molecule has 1 aliphatic rings. The van der Waals surface area contributed by atoms with Gasteiger partial charge in [-0.2, -0.15) is 0 Å². The molecule has 1 saturated heterocycles. The minimum absolute atomic E-state index is 0.106. The average molecular weight is 308 g/mol. The van der Waals surface area contributed by atoms with Crippen LogP contribution in [-0.2, 0) is 4.79 Å². The number of nitrogens with zero attached hydrogens (tertiary/aromatic N) is 1. The van der Waals surface area contributed by atoms with E-state index in [0.717, 1.165) is 10.5 Å². The van der Waals surface area contributed by atoms with Gasteiger partial charge in [-0.1, -0.05) is 18.2 Å². The number of amides is 2. The predicted molar refractivity (Wildman–Crippen MR) is 82.5 cm³/mol. The van der Waals surface area contributed by atoms with Crippen molar-refractivity contribution in [1.82, 2.24) is 10.2 Å². The molecule has 1 unspecified atom stereocenters. The summed E-state index contributed by atoms with van der Waals surface area (Å²) in [6, 6.07) is 7.66. The largest absolute Gasteiger partial charge is 0.481 e. The molecule has 2 atom stereocenters. The second-order valence-corrected chi connectivity index (χ2v) is 6.03. The molecule has 0 saturated carbocycles. The third-order valence-electron chi connectivity index (χ3n) is 3.77. The second-order valence-electron chi connectivity index (χ2n) is 5.18. The molecule has 1 aromatic carbocycles. The molecule has 1 aliphatic heterocycles. The number of thioether (sulfide) groups is 1. The van der Waals surface area contributed by atoms with Gasteiger partial charge in [-0.25, -0.2) is 4.79 Å². The fraction of sp³-hybridized carbons (Fsp3) is 0.467. The molecule has 5 nitrogen and oxygen atoms in total. The summed E-state index contributed by atoms with van der Waals surface area (Å²) < 4.78 is 0. The summed E-state index contributed by atoms with van der Waals surface area (Å²) in [5.74, 6) is -1.27. The molecule has 1 aromatic rings. The maximum atomic E-state index is 12.2.